The fourth-order valence-electron chi connectivity index (χ4n) is 7.27. The molecule has 0 bridgehead atoms. The lowest BCUT2D eigenvalue weighted by molar-refractivity contribution is 0.620. The summed E-state index contributed by atoms with van der Waals surface area (Å²) < 4.78 is 12.9. The van der Waals surface area contributed by atoms with Gasteiger partial charge in [0.15, 0.2) is 5.58 Å². The zero-order valence-corrected chi connectivity index (χ0v) is 27.5. The second-order valence-electron chi connectivity index (χ2n) is 12.8. The predicted octanol–water partition coefficient (Wildman–Crippen LogP) is 13.4. The highest BCUT2D eigenvalue weighted by Gasteiger charge is 2.21. The average molecular weight is 655 g/mol. The number of benzene rings is 8. The largest absolute Gasteiger partial charge is 0.456 e. The van der Waals surface area contributed by atoms with E-state index in [1.807, 2.05) is 42.5 Å². The van der Waals surface area contributed by atoms with E-state index < -0.39 is 0 Å². The van der Waals surface area contributed by atoms with Crippen molar-refractivity contribution >= 4 is 60.9 Å². The Hall–Kier alpha value is -6.91. The van der Waals surface area contributed by atoms with Crippen LogP contribution in [0.15, 0.2) is 191 Å². The lowest BCUT2D eigenvalue weighted by atomic mass is 9.98. The lowest BCUT2D eigenvalue weighted by Crippen LogP contribution is -2.10. The van der Waals surface area contributed by atoms with Crippen molar-refractivity contribution < 1.29 is 8.83 Å². The molecule has 8 aromatic carbocycles. The molecule has 51 heavy (non-hydrogen) atoms. The quantitative estimate of drug-likeness (QED) is 0.179. The highest BCUT2D eigenvalue weighted by molar-refractivity contribution is 6.15. The number of hydrogen-bond acceptors (Lipinski definition) is 4. The molecule has 4 heteroatoms. The van der Waals surface area contributed by atoms with E-state index in [1.54, 1.807) is 0 Å². The van der Waals surface area contributed by atoms with Crippen LogP contribution in [0, 0.1) is 0 Å². The van der Waals surface area contributed by atoms with Crippen LogP contribution < -0.4 is 4.90 Å². The third kappa shape index (κ3) is 5.04. The van der Waals surface area contributed by atoms with Crippen LogP contribution in [-0.4, -0.2) is 4.98 Å². The zero-order valence-electron chi connectivity index (χ0n) is 27.5. The fraction of sp³-hybridized carbons (Fsp3) is 0. The van der Waals surface area contributed by atoms with E-state index >= 15 is 0 Å². The van der Waals surface area contributed by atoms with E-state index in [-0.39, 0.29) is 0 Å². The molecule has 0 fully saturated rings. The van der Waals surface area contributed by atoms with Crippen molar-refractivity contribution in [2.45, 2.75) is 0 Å². The third-order valence-corrected chi connectivity index (χ3v) is 9.68. The molecule has 0 spiro atoms. The number of fused-ring (bicyclic) bond motifs is 5. The van der Waals surface area contributed by atoms with Crippen molar-refractivity contribution in [2.24, 2.45) is 0 Å². The van der Waals surface area contributed by atoms with Gasteiger partial charge in [-0.2, -0.15) is 0 Å². The number of anilines is 3. The summed E-state index contributed by atoms with van der Waals surface area (Å²) in [6.45, 7) is 0. The molecule has 0 N–H and O–H groups in total. The lowest BCUT2D eigenvalue weighted by Gasteiger charge is -2.27. The van der Waals surface area contributed by atoms with E-state index in [0.29, 0.717) is 5.89 Å². The van der Waals surface area contributed by atoms with Crippen molar-refractivity contribution in [3.05, 3.63) is 182 Å². The first-order chi connectivity index (χ1) is 25.3. The maximum atomic E-state index is 6.54. The van der Waals surface area contributed by atoms with Gasteiger partial charge in [-0.25, -0.2) is 4.98 Å². The summed E-state index contributed by atoms with van der Waals surface area (Å²) in [5.74, 6) is 0.591. The van der Waals surface area contributed by atoms with Crippen molar-refractivity contribution in [3.63, 3.8) is 0 Å². The highest BCUT2D eigenvalue weighted by atomic mass is 16.4. The molecule has 0 aliphatic carbocycles. The summed E-state index contributed by atoms with van der Waals surface area (Å²) in [5, 5.41) is 4.45. The molecule has 10 aromatic rings. The smallest absolute Gasteiger partial charge is 0.227 e. The molecule has 0 atom stereocenters. The first-order valence-electron chi connectivity index (χ1n) is 17.1. The number of hydrogen-bond donors (Lipinski definition) is 0. The Kier molecular flexibility index (Phi) is 6.78. The van der Waals surface area contributed by atoms with Gasteiger partial charge in [0.1, 0.15) is 16.7 Å². The Morgan fingerprint density at radius 1 is 0.412 bits per heavy atom. The summed E-state index contributed by atoms with van der Waals surface area (Å²) in [4.78, 5) is 7.14. The fourth-order valence-corrected chi connectivity index (χ4v) is 7.27. The Labute approximate surface area is 294 Å². The monoisotopic (exact) mass is 654 g/mol. The average Bonchev–Trinajstić information content (AvgIpc) is 3.79. The Morgan fingerprint density at radius 3 is 1.96 bits per heavy atom. The van der Waals surface area contributed by atoms with Crippen molar-refractivity contribution in [3.8, 4) is 33.7 Å². The van der Waals surface area contributed by atoms with Gasteiger partial charge in [-0.15, -0.1) is 0 Å². The summed E-state index contributed by atoms with van der Waals surface area (Å²) in [7, 11) is 0. The molecule has 0 saturated carbocycles. The molecule has 2 aromatic heterocycles. The van der Waals surface area contributed by atoms with Gasteiger partial charge < -0.3 is 13.7 Å². The Balaban J connectivity index is 1.17. The zero-order chi connectivity index (χ0) is 33.7. The molecular weight excluding hydrogens is 625 g/mol. The van der Waals surface area contributed by atoms with Gasteiger partial charge in [-0.3, -0.25) is 0 Å². The third-order valence-electron chi connectivity index (χ3n) is 9.68. The van der Waals surface area contributed by atoms with Gasteiger partial charge in [0.05, 0.1) is 11.1 Å². The normalized spacial score (nSPS) is 11.5. The van der Waals surface area contributed by atoms with Crippen molar-refractivity contribution in [1.29, 1.82) is 0 Å². The van der Waals surface area contributed by atoms with E-state index in [9.17, 15) is 0 Å². The summed E-state index contributed by atoms with van der Waals surface area (Å²) >= 11 is 0. The molecule has 0 radical (unpaired) electrons. The number of nitrogens with zero attached hydrogens (tertiary/aromatic N) is 2. The maximum absolute atomic E-state index is 6.54. The minimum Gasteiger partial charge on any atom is -0.456 e. The molecule has 0 amide bonds. The van der Waals surface area contributed by atoms with Gasteiger partial charge in [-0.1, -0.05) is 121 Å². The first kappa shape index (κ1) is 29.0. The van der Waals surface area contributed by atoms with Crippen LogP contribution in [0.2, 0.25) is 0 Å². The molecule has 0 saturated heterocycles. The second-order valence-corrected chi connectivity index (χ2v) is 12.8. The summed E-state index contributed by atoms with van der Waals surface area (Å²) in [6, 6.07) is 63.5. The van der Waals surface area contributed by atoms with Crippen molar-refractivity contribution in [2.75, 3.05) is 4.90 Å². The summed E-state index contributed by atoms with van der Waals surface area (Å²) in [6.07, 6.45) is 0. The van der Waals surface area contributed by atoms with E-state index in [1.165, 1.54) is 27.5 Å². The molecule has 4 nitrogen and oxygen atoms in total. The molecule has 10 rings (SSSR count). The van der Waals surface area contributed by atoms with Crippen LogP contribution in [0.1, 0.15) is 0 Å². The SMILES string of the molecule is c1ccc(-c2cccc(N(c3ccc(-c4cccc5ccccc45)cc3)c3cccc4oc5cc6nc(-c7ccccc7)oc6cc5c34)c2)cc1. The number of furan rings is 1. The molecule has 2 heterocycles. The van der Waals surface area contributed by atoms with Gasteiger partial charge in [-0.05, 0) is 87.6 Å². The molecule has 0 aliphatic rings. The second kappa shape index (κ2) is 11.9. The van der Waals surface area contributed by atoms with Crippen LogP contribution in [0.5, 0.6) is 0 Å². The minimum absolute atomic E-state index is 0.591. The molecular formula is C47H30N2O2. The van der Waals surface area contributed by atoms with Crippen molar-refractivity contribution in [1.82, 2.24) is 4.98 Å². The number of oxazole rings is 1. The molecule has 240 valence electrons. The Morgan fingerprint density at radius 2 is 1.12 bits per heavy atom. The van der Waals surface area contributed by atoms with Crippen LogP contribution in [0.25, 0.3) is 77.5 Å². The summed E-state index contributed by atoms with van der Waals surface area (Å²) in [5.41, 5.74) is 11.8. The van der Waals surface area contributed by atoms with E-state index in [4.69, 9.17) is 13.8 Å². The van der Waals surface area contributed by atoms with Crippen LogP contribution in [0.3, 0.4) is 0 Å². The highest BCUT2D eigenvalue weighted by Crippen LogP contribution is 2.45. The minimum atomic E-state index is 0.591. The van der Waals surface area contributed by atoms with Crippen LogP contribution >= 0.6 is 0 Å². The van der Waals surface area contributed by atoms with Gasteiger partial charge in [0, 0.05) is 28.4 Å². The topological polar surface area (TPSA) is 42.4 Å². The molecule has 0 unspecified atom stereocenters. The van der Waals surface area contributed by atoms with E-state index in [0.717, 1.165) is 61.2 Å². The van der Waals surface area contributed by atoms with E-state index in [2.05, 4.69) is 144 Å². The standard InChI is InChI=1S/C47H30N2O2/c1-3-12-31(13-4-1)35-18-9-19-37(28-35)49(36-26-24-33(25-27-36)39-21-10-17-32-14-7-8-20-38(32)39)42-22-11-23-43-46(42)40-29-45-41(30-44(40)50-43)48-47(51-45)34-15-5-2-6-16-34/h1-30H. The van der Waals surface area contributed by atoms with Crippen LogP contribution in [-0.2, 0) is 0 Å². The predicted molar refractivity (Wildman–Crippen MR) is 210 cm³/mol. The van der Waals surface area contributed by atoms with Gasteiger partial charge >= 0.3 is 0 Å². The van der Waals surface area contributed by atoms with Gasteiger partial charge in [0.25, 0.3) is 0 Å². The maximum Gasteiger partial charge on any atom is 0.227 e. The first-order valence-corrected chi connectivity index (χ1v) is 17.1. The number of aromatic nitrogens is 1. The van der Waals surface area contributed by atoms with Crippen LogP contribution in [0.4, 0.5) is 17.1 Å². The molecule has 0 aliphatic heterocycles. The Bertz CT molecular complexity index is 2850. The van der Waals surface area contributed by atoms with Gasteiger partial charge in [0.2, 0.25) is 5.89 Å². The number of rotatable bonds is 6.